The van der Waals surface area contributed by atoms with Gasteiger partial charge in [-0.15, -0.1) is 0 Å². The van der Waals surface area contributed by atoms with Gasteiger partial charge in [0.25, 0.3) is 0 Å². The van der Waals surface area contributed by atoms with Crippen LogP contribution in [-0.2, 0) is 21.7 Å². The largest absolute Gasteiger partial charge is 0.309 e. The minimum atomic E-state index is -0.194. The van der Waals surface area contributed by atoms with E-state index in [2.05, 4.69) is 250 Å². The Kier molecular flexibility index (Phi) is 10.1. The van der Waals surface area contributed by atoms with Crippen molar-refractivity contribution in [2.75, 3.05) is 0 Å². The molecule has 0 N–H and O–H groups in total. The molecule has 10 aromatic rings. The van der Waals surface area contributed by atoms with Crippen LogP contribution >= 0.6 is 0 Å². The first-order valence-corrected chi connectivity index (χ1v) is 23.6. The zero-order valence-corrected chi connectivity index (χ0v) is 40.8. The molecular formula is C62H62N4. The van der Waals surface area contributed by atoms with Gasteiger partial charge in [0, 0.05) is 66.3 Å². The first kappa shape index (κ1) is 43.1. The van der Waals surface area contributed by atoms with Crippen molar-refractivity contribution in [1.29, 1.82) is 0 Å². The number of hydrogen-bond donors (Lipinski definition) is 0. The fraction of sp³-hybridized carbons (Fsp3) is 0.258. The van der Waals surface area contributed by atoms with Crippen LogP contribution in [0.25, 0.3) is 88.6 Å². The first-order chi connectivity index (χ1) is 31.3. The normalized spacial score (nSPS) is 12.8. The van der Waals surface area contributed by atoms with Crippen LogP contribution in [0, 0.1) is 0 Å². The first-order valence-electron chi connectivity index (χ1n) is 23.6. The maximum Gasteiger partial charge on any atom is 0.0714 e. The van der Waals surface area contributed by atoms with Gasteiger partial charge in [0.2, 0.25) is 0 Å². The highest BCUT2D eigenvalue weighted by atomic mass is 15.0. The number of hydrogen-bond acceptors (Lipinski definition) is 2. The highest BCUT2D eigenvalue weighted by Crippen LogP contribution is 2.43. The minimum absolute atomic E-state index is 0.165. The molecular weight excluding hydrogens is 801 g/mol. The minimum Gasteiger partial charge on any atom is -0.309 e. The number of benzene rings is 6. The Morgan fingerprint density at radius 2 is 0.621 bits per heavy atom. The van der Waals surface area contributed by atoms with Crippen molar-refractivity contribution in [3.63, 3.8) is 0 Å². The molecule has 0 saturated carbocycles. The highest BCUT2D eigenvalue weighted by Gasteiger charge is 2.28. The summed E-state index contributed by atoms with van der Waals surface area (Å²) < 4.78 is 4.84. The highest BCUT2D eigenvalue weighted by molar-refractivity contribution is 6.10. The molecule has 4 heterocycles. The van der Waals surface area contributed by atoms with Crippen molar-refractivity contribution in [3.05, 3.63) is 180 Å². The van der Waals surface area contributed by atoms with Crippen molar-refractivity contribution in [2.45, 2.75) is 105 Å². The van der Waals surface area contributed by atoms with E-state index >= 15 is 0 Å². The lowest BCUT2D eigenvalue weighted by Gasteiger charge is -2.27. The Morgan fingerprint density at radius 1 is 0.318 bits per heavy atom. The predicted molar refractivity (Wildman–Crippen MR) is 282 cm³/mol. The molecule has 6 aromatic carbocycles. The summed E-state index contributed by atoms with van der Waals surface area (Å²) in [6.45, 7) is 27.5. The third-order valence-electron chi connectivity index (χ3n) is 13.4. The molecule has 4 nitrogen and oxygen atoms in total. The van der Waals surface area contributed by atoms with Crippen LogP contribution in [0.5, 0.6) is 0 Å². The summed E-state index contributed by atoms with van der Waals surface area (Å²) >= 11 is 0. The number of nitrogens with zero attached hydrogens (tertiary/aromatic N) is 4. The molecule has 0 saturated heterocycles. The van der Waals surface area contributed by atoms with Crippen molar-refractivity contribution in [2.24, 2.45) is 0 Å². The van der Waals surface area contributed by atoms with E-state index in [1.165, 1.54) is 54.7 Å². The van der Waals surface area contributed by atoms with Gasteiger partial charge >= 0.3 is 0 Å². The van der Waals surface area contributed by atoms with Crippen molar-refractivity contribution in [3.8, 4) is 45.0 Å². The lowest BCUT2D eigenvalue weighted by Crippen LogP contribution is -2.17. The zero-order chi connectivity index (χ0) is 46.5. The molecule has 0 aliphatic carbocycles. The van der Waals surface area contributed by atoms with Gasteiger partial charge < -0.3 is 9.13 Å². The third kappa shape index (κ3) is 7.51. The summed E-state index contributed by atoms with van der Waals surface area (Å²) in [5.74, 6) is 0. The van der Waals surface area contributed by atoms with Gasteiger partial charge in [-0.25, -0.2) is 0 Å². The molecule has 0 fully saturated rings. The number of para-hydroxylation sites is 4. The molecule has 0 unspecified atom stereocenters. The van der Waals surface area contributed by atoms with Gasteiger partial charge in [0.1, 0.15) is 0 Å². The van der Waals surface area contributed by atoms with Crippen LogP contribution in [-0.4, -0.2) is 19.1 Å². The molecule has 0 amide bonds. The Morgan fingerprint density at radius 3 is 0.909 bits per heavy atom. The second-order valence-electron chi connectivity index (χ2n) is 22.5. The zero-order valence-electron chi connectivity index (χ0n) is 40.8. The Bertz CT molecular complexity index is 3170. The summed E-state index contributed by atoms with van der Waals surface area (Å²) in [5.41, 5.74) is 17.6. The molecule has 0 radical (unpaired) electrons. The predicted octanol–water partition coefficient (Wildman–Crippen LogP) is 16.9. The van der Waals surface area contributed by atoms with E-state index in [0.29, 0.717) is 0 Å². The molecule has 0 bridgehead atoms. The average molecular weight is 863 g/mol. The molecule has 330 valence electrons. The third-order valence-corrected chi connectivity index (χ3v) is 13.4. The van der Waals surface area contributed by atoms with E-state index in [1.54, 1.807) is 0 Å². The molecule has 0 aliphatic rings. The Balaban J connectivity index is 1.16. The maximum atomic E-state index is 5.52. The molecule has 66 heavy (non-hydrogen) atoms. The van der Waals surface area contributed by atoms with Gasteiger partial charge in [0.15, 0.2) is 0 Å². The lowest BCUT2D eigenvalue weighted by atomic mass is 9.81. The summed E-state index contributed by atoms with van der Waals surface area (Å²) in [6, 6.07) is 58.3. The average Bonchev–Trinajstić information content (AvgIpc) is 3.80. The van der Waals surface area contributed by atoms with Crippen molar-refractivity contribution in [1.82, 2.24) is 19.1 Å². The van der Waals surface area contributed by atoms with Crippen molar-refractivity contribution < 1.29 is 0 Å². The number of rotatable bonds is 5. The summed E-state index contributed by atoms with van der Waals surface area (Å²) in [7, 11) is 0. The van der Waals surface area contributed by atoms with Crippen LogP contribution in [0.1, 0.15) is 106 Å². The van der Waals surface area contributed by atoms with E-state index in [-0.39, 0.29) is 21.7 Å². The Labute approximate surface area is 391 Å². The van der Waals surface area contributed by atoms with E-state index in [9.17, 15) is 0 Å². The van der Waals surface area contributed by atoms with E-state index < -0.39 is 0 Å². The number of aromatic nitrogens is 4. The van der Waals surface area contributed by atoms with Gasteiger partial charge in [-0.1, -0.05) is 168 Å². The number of pyridine rings is 2. The lowest BCUT2D eigenvalue weighted by molar-refractivity contribution is 0.568. The van der Waals surface area contributed by atoms with Gasteiger partial charge in [-0.3, -0.25) is 9.97 Å². The van der Waals surface area contributed by atoms with Gasteiger partial charge in [-0.05, 0) is 106 Å². The van der Waals surface area contributed by atoms with Crippen LogP contribution < -0.4 is 0 Å². The Hall–Kier alpha value is -6.78. The monoisotopic (exact) mass is 862 g/mol. The van der Waals surface area contributed by atoms with Crippen molar-refractivity contribution >= 4 is 43.6 Å². The fourth-order valence-corrected chi connectivity index (χ4v) is 9.87. The summed E-state index contributed by atoms with van der Waals surface area (Å²) in [4.78, 5) is 11.0. The smallest absolute Gasteiger partial charge is 0.0714 e. The van der Waals surface area contributed by atoms with E-state index in [4.69, 9.17) is 9.97 Å². The molecule has 0 atom stereocenters. The van der Waals surface area contributed by atoms with E-state index in [0.717, 1.165) is 56.4 Å². The molecule has 0 spiro atoms. The summed E-state index contributed by atoms with van der Waals surface area (Å²) in [5, 5.41) is 5.05. The van der Waals surface area contributed by atoms with E-state index in [1.807, 2.05) is 0 Å². The SMILES string of the molecule is CC(C)(C)c1cc(-c2cc(-c3ccc(-n4c5ccccc5c5ccccc54)cc3C(C)(C)C)nc(C(C)(C)C)c2)cc(-c2ccc(-n3c4ccccc4c4ccccc43)cc2C(C)(C)C)n1. The van der Waals surface area contributed by atoms with Gasteiger partial charge in [0.05, 0.1) is 33.5 Å². The van der Waals surface area contributed by atoms with Crippen LogP contribution in [0.2, 0.25) is 0 Å². The second kappa shape index (κ2) is 15.4. The molecule has 10 rings (SSSR count). The van der Waals surface area contributed by atoms with Gasteiger partial charge in [-0.2, -0.15) is 0 Å². The van der Waals surface area contributed by atoms with Crippen LogP contribution in [0.4, 0.5) is 0 Å². The van der Waals surface area contributed by atoms with Crippen LogP contribution in [0.15, 0.2) is 158 Å². The molecule has 0 aliphatic heterocycles. The summed E-state index contributed by atoms with van der Waals surface area (Å²) in [6.07, 6.45) is 0. The quantitative estimate of drug-likeness (QED) is 0.173. The molecule has 4 heteroatoms. The van der Waals surface area contributed by atoms with Crippen LogP contribution in [0.3, 0.4) is 0 Å². The topological polar surface area (TPSA) is 35.6 Å². The maximum absolute atomic E-state index is 5.52. The fourth-order valence-electron chi connectivity index (χ4n) is 9.87. The molecule has 4 aromatic heterocycles. The standard InChI is InChI=1S/C62H62N4/c1-59(2,3)49-37-41(65-53-25-17-13-21-43(53)44-22-14-18-26-54(44)65)29-31-47(49)51-33-39(35-57(63-51)61(7,8)9)40-34-52(64-58(36-40)62(10,11)12)48-32-30-42(38-50(48)60(4,5)6)66-55-27-19-15-23-45(55)46-24-16-20-28-56(46)66/h13-38H,1-12H3. The second-order valence-corrected chi connectivity index (χ2v) is 22.5. The number of fused-ring (bicyclic) bond motifs is 6.